The fraction of sp³-hybridized carbons (Fsp3) is 0. The maximum atomic E-state index is 10.5. The first-order chi connectivity index (χ1) is 5.41. The van der Waals surface area contributed by atoms with Crippen LogP contribution >= 0.6 is 23.7 Å². The van der Waals surface area contributed by atoms with Gasteiger partial charge in [-0.25, -0.2) is 0 Å². The number of carbonyl (C=O) groups is 1. The normalized spacial score (nSPS) is 10.5. The number of halogens is 1. The third-order valence-corrected chi connectivity index (χ3v) is 3.38. The summed E-state index contributed by atoms with van der Waals surface area (Å²) in [5.41, 5.74) is 4.94. The van der Waals surface area contributed by atoms with Crippen LogP contribution in [-0.2, 0) is 10.1 Å². The smallest absolute Gasteiger partial charge is 0.304 e. The molecule has 0 spiro atoms. The molecule has 0 saturated heterocycles. The first-order valence-electron chi connectivity index (χ1n) is 2.77. The van der Waals surface area contributed by atoms with Crippen molar-refractivity contribution in [3.8, 4) is 0 Å². The second-order valence-electron chi connectivity index (χ2n) is 1.99. The molecule has 0 fully saturated rings. The van der Waals surface area contributed by atoms with E-state index < -0.39 is 16.0 Å². The Morgan fingerprint density at radius 1 is 1.54 bits per heavy atom. The lowest BCUT2D eigenvalue weighted by Crippen LogP contribution is -2.09. The number of thiophene rings is 1. The molecule has 1 heterocycles. The molecule has 1 amide bonds. The molecule has 0 aliphatic carbocycles. The van der Waals surface area contributed by atoms with E-state index in [0.717, 1.165) is 17.4 Å². The number of rotatable bonds is 2. The second kappa shape index (κ2) is 4.05. The Hall–Kier alpha value is -0.630. The molecule has 0 bridgehead atoms. The zero-order chi connectivity index (χ0) is 9.35. The second-order valence-corrected chi connectivity index (χ2v) is 4.55. The van der Waals surface area contributed by atoms with Crippen molar-refractivity contribution in [3.05, 3.63) is 17.0 Å². The van der Waals surface area contributed by atoms with E-state index >= 15 is 0 Å². The summed E-state index contributed by atoms with van der Waals surface area (Å²) in [6.07, 6.45) is 0. The Morgan fingerprint density at radius 3 is 2.31 bits per heavy atom. The van der Waals surface area contributed by atoms with Gasteiger partial charge in [0, 0.05) is 5.38 Å². The van der Waals surface area contributed by atoms with E-state index in [2.05, 4.69) is 0 Å². The maximum Gasteiger partial charge on any atom is 0.304 e. The molecular formula is C5H6ClNO4S2. The van der Waals surface area contributed by atoms with Gasteiger partial charge >= 0.3 is 10.1 Å². The van der Waals surface area contributed by atoms with E-state index in [4.69, 9.17) is 10.3 Å². The van der Waals surface area contributed by atoms with Crippen LogP contribution in [0.4, 0.5) is 0 Å². The average molecular weight is 244 g/mol. The van der Waals surface area contributed by atoms with Crippen LogP contribution in [-0.4, -0.2) is 18.9 Å². The van der Waals surface area contributed by atoms with Crippen LogP contribution in [0.15, 0.2) is 15.7 Å². The summed E-state index contributed by atoms with van der Waals surface area (Å²) in [6, 6.07) is 1.03. The van der Waals surface area contributed by atoms with Gasteiger partial charge in [-0.2, -0.15) is 8.42 Å². The quantitative estimate of drug-likeness (QED) is 0.740. The summed E-state index contributed by atoms with van der Waals surface area (Å²) >= 11 is 0.746. The van der Waals surface area contributed by atoms with Crippen molar-refractivity contribution in [2.24, 2.45) is 5.73 Å². The standard InChI is InChI=1S/C5H5NO4S2.ClH/c6-5(7)3-1-4(11-2-3)12(8,9)10;/h1-2H,(H2,6,7)(H,8,9,10);1H. The van der Waals surface area contributed by atoms with Gasteiger partial charge in [0.25, 0.3) is 0 Å². The van der Waals surface area contributed by atoms with E-state index in [1.165, 1.54) is 5.38 Å². The van der Waals surface area contributed by atoms with Gasteiger partial charge in [0.15, 0.2) is 0 Å². The molecule has 1 rings (SSSR count). The van der Waals surface area contributed by atoms with Gasteiger partial charge in [-0.1, -0.05) is 0 Å². The topological polar surface area (TPSA) is 97.5 Å². The van der Waals surface area contributed by atoms with Crippen molar-refractivity contribution < 1.29 is 17.8 Å². The van der Waals surface area contributed by atoms with Crippen molar-refractivity contribution in [1.29, 1.82) is 0 Å². The van der Waals surface area contributed by atoms with E-state index in [-0.39, 0.29) is 22.2 Å². The Kier molecular flexibility index (Phi) is 3.86. The van der Waals surface area contributed by atoms with Crippen LogP contribution in [0.1, 0.15) is 10.4 Å². The monoisotopic (exact) mass is 243 g/mol. The Balaban J connectivity index is 0.00000144. The number of hydrogen-bond acceptors (Lipinski definition) is 4. The Labute approximate surface area is 84.7 Å². The minimum absolute atomic E-state index is 0. The molecule has 8 heteroatoms. The number of hydrogen-bond donors (Lipinski definition) is 2. The minimum atomic E-state index is -4.20. The highest BCUT2D eigenvalue weighted by molar-refractivity contribution is 7.88. The first-order valence-corrected chi connectivity index (χ1v) is 5.09. The summed E-state index contributed by atoms with van der Waals surface area (Å²) in [6.45, 7) is 0. The van der Waals surface area contributed by atoms with Crippen molar-refractivity contribution >= 4 is 39.8 Å². The summed E-state index contributed by atoms with van der Waals surface area (Å²) in [7, 11) is -4.20. The Bertz CT molecular complexity index is 410. The van der Waals surface area contributed by atoms with Gasteiger partial charge in [0.1, 0.15) is 4.21 Å². The van der Waals surface area contributed by atoms with Crippen LogP contribution in [0.3, 0.4) is 0 Å². The van der Waals surface area contributed by atoms with Crippen LogP contribution in [0.2, 0.25) is 0 Å². The van der Waals surface area contributed by atoms with Gasteiger partial charge in [-0.3, -0.25) is 9.35 Å². The zero-order valence-corrected chi connectivity index (χ0v) is 8.58. The predicted octanol–water partition coefficient (Wildman–Crippen LogP) is 0.516. The van der Waals surface area contributed by atoms with E-state index in [9.17, 15) is 13.2 Å². The van der Waals surface area contributed by atoms with E-state index in [1.54, 1.807) is 0 Å². The van der Waals surface area contributed by atoms with Crippen LogP contribution in [0.5, 0.6) is 0 Å². The first kappa shape index (κ1) is 12.4. The molecule has 0 unspecified atom stereocenters. The van der Waals surface area contributed by atoms with Gasteiger partial charge < -0.3 is 5.73 Å². The van der Waals surface area contributed by atoms with Gasteiger partial charge in [0.2, 0.25) is 5.91 Å². The summed E-state index contributed by atoms with van der Waals surface area (Å²) in [5.74, 6) is -0.721. The molecule has 0 aliphatic rings. The lowest BCUT2D eigenvalue weighted by Gasteiger charge is -1.86. The van der Waals surface area contributed by atoms with Crippen LogP contribution in [0.25, 0.3) is 0 Å². The summed E-state index contributed by atoms with van der Waals surface area (Å²) in [5, 5.41) is 1.27. The Morgan fingerprint density at radius 2 is 2.08 bits per heavy atom. The van der Waals surface area contributed by atoms with Crippen molar-refractivity contribution in [1.82, 2.24) is 0 Å². The van der Waals surface area contributed by atoms with Gasteiger partial charge in [-0.15, -0.1) is 23.7 Å². The lowest BCUT2D eigenvalue weighted by atomic mass is 10.3. The largest absolute Gasteiger partial charge is 0.366 e. The van der Waals surface area contributed by atoms with Crippen molar-refractivity contribution in [2.75, 3.05) is 0 Å². The number of primary amides is 1. The molecule has 5 nitrogen and oxygen atoms in total. The molecule has 1 aromatic rings. The fourth-order valence-corrected chi connectivity index (χ4v) is 2.11. The molecule has 3 N–H and O–H groups in total. The average Bonchev–Trinajstić information content (AvgIpc) is 2.30. The van der Waals surface area contributed by atoms with Crippen molar-refractivity contribution in [3.63, 3.8) is 0 Å². The molecule has 1 aromatic heterocycles. The molecule has 0 saturated carbocycles. The van der Waals surface area contributed by atoms with E-state index in [0.29, 0.717) is 0 Å². The minimum Gasteiger partial charge on any atom is -0.366 e. The fourth-order valence-electron chi connectivity index (χ4n) is 0.581. The zero-order valence-electron chi connectivity index (χ0n) is 6.13. The summed E-state index contributed by atoms with van der Waals surface area (Å²) < 4.78 is 29.2. The van der Waals surface area contributed by atoms with Gasteiger partial charge in [0.05, 0.1) is 5.56 Å². The van der Waals surface area contributed by atoms with Crippen LogP contribution < -0.4 is 5.73 Å². The third kappa shape index (κ3) is 2.96. The molecule has 0 atom stereocenters. The molecule has 0 radical (unpaired) electrons. The highest BCUT2D eigenvalue weighted by Crippen LogP contribution is 2.19. The molecule has 13 heavy (non-hydrogen) atoms. The maximum absolute atomic E-state index is 10.5. The SMILES string of the molecule is Cl.NC(=O)c1csc(S(=O)(=O)O)c1. The molecular weight excluding hydrogens is 238 g/mol. The molecule has 74 valence electrons. The number of carbonyl (C=O) groups excluding carboxylic acids is 1. The van der Waals surface area contributed by atoms with Crippen molar-refractivity contribution in [2.45, 2.75) is 4.21 Å². The highest BCUT2D eigenvalue weighted by Gasteiger charge is 2.14. The molecule has 0 aromatic carbocycles. The third-order valence-electron chi connectivity index (χ3n) is 1.11. The number of nitrogens with two attached hydrogens (primary N) is 1. The lowest BCUT2D eigenvalue weighted by molar-refractivity contribution is 0.100. The van der Waals surface area contributed by atoms with Gasteiger partial charge in [-0.05, 0) is 6.07 Å². The predicted molar refractivity (Wildman–Crippen MR) is 49.9 cm³/mol. The molecule has 0 aliphatic heterocycles. The highest BCUT2D eigenvalue weighted by atomic mass is 35.5. The van der Waals surface area contributed by atoms with E-state index in [1.807, 2.05) is 0 Å². The summed E-state index contributed by atoms with van der Waals surface area (Å²) in [4.78, 5) is 10.5. The van der Waals surface area contributed by atoms with Crippen LogP contribution in [0, 0.1) is 0 Å². The number of amides is 1.